The second-order valence-electron chi connectivity index (χ2n) is 5.24. The second kappa shape index (κ2) is 8.04. The molecule has 5 nitrogen and oxygen atoms in total. The number of nitrogens with zero attached hydrogens (tertiary/aromatic N) is 3. The third-order valence-electron chi connectivity index (χ3n) is 3.50. The first-order valence-corrected chi connectivity index (χ1v) is 7.78. The fourth-order valence-corrected chi connectivity index (χ4v) is 2.54. The SMILES string of the molecule is CCCOc1ccnc(N(CCC)C2CCCNC2)n1. The van der Waals surface area contributed by atoms with Gasteiger partial charge in [0.25, 0.3) is 0 Å². The highest BCUT2D eigenvalue weighted by Gasteiger charge is 2.22. The minimum absolute atomic E-state index is 0.491. The molecule has 1 aliphatic heterocycles. The van der Waals surface area contributed by atoms with Crippen molar-refractivity contribution in [2.24, 2.45) is 0 Å². The lowest BCUT2D eigenvalue weighted by Crippen LogP contribution is -2.47. The number of nitrogens with one attached hydrogen (secondary N) is 1. The van der Waals surface area contributed by atoms with Crippen LogP contribution < -0.4 is 15.0 Å². The Morgan fingerprint density at radius 1 is 1.40 bits per heavy atom. The van der Waals surface area contributed by atoms with Gasteiger partial charge in [0, 0.05) is 31.4 Å². The molecule has 0 saturated carbocycles. The Morgan fingerprint density at radius 2 is 2.30 bits per heavy atom. The van der Waals surface area contributed by atoms with Crippen LogP contribution in [0.5, 0.6) is 5.88 Å². The van der Waals surface area contributed by atoms with Gasteiger partial charge < -0.3 is 15.0 Å². The first-order valence-electron chi connectivity index (χ1n) is 7.78. The highest BCUT2D eigenvalue weighted by molar-refractivity contribution is 5.34. The number of piperidine rings is 1. The van der Waals surface area contributed by atoms with E-state index in [0.29, 0.717) is 18.5 Å². The molecule has 0 bridgehead atoms. The molecule has 20 heavy (non-hydrogen) atoms. The number of rotatable bonds is 7. The predicted octanol–water partition coefficient (Wildman–Crippen LogP) is 2.23. The average Bonchev–Trinajstić information content (AvgIpc) is 2.52. The van der Waals surface area contributed by atoms with E-state index in [4.69, 9.17) is 4.74 Å². The van der Waals surface area contributed by atoms with Crippen molar-refractivity contribution in [2.45, 2.75) is 45.6 Å². The summed E-state index contributed by atoms with van der Waals surface area (Å²) in [5.41, 5.74) is 0. The Bertz CT molecular complexity index is 393. The van der Waals surface area contributed by atoms with E-state index in [1.165, 1.54) is 12.8 Å². The molecule has 0 spiro atoms. The number of ether oxygens (including phenoxy) is 1. The van der Waals surface area contributed by atoms with Gasteiger partial charge in [-0.05, 0) is 32.2 Å². The molecule has 1 saturated heterocycles. The van der Waals surface area contributed by atoms with E-state index in [0.717, 1.165) is 38.4 Å². The molecule has 0 aliphatic carbocycles. The van der Waals surface area contributed by atoms with Crippen molar-refractivity contribution in [1.29, 1.82) is 0 Å². The monoisotopic (exact) mass is 278 g/mol. The Balaban J connectivity index is 2.10. The maximum absolute atomic E-state index is 5.62. The second-order valence-corrected chi connectivity index (χ2v) is 5.24. The summed E-state index contributed by atoms with van der Waals surface area (Å²) >= 11 is 0. The summed E-state index contributed by atoms with van der Waals surface area (Å²) in [6.45, 7) is 8.12. The molecule has 1 unspecified atom stereocenters. The third kappa shape index (κ3) is 4.07. The van der Waals surface area contributed by atoms with Gasteiger partial charge in [-0.15, -0.1) is 0 Å². The zero-order chi connectivity index (χ0) is 14.2. The van der Waals surface area contributed by atoms with E-state index in [9.17, 15) is 0 Å². The maximum Gasteiger partial charge on any atom is 0.228 e. The van der Waals surface area contributed by atoms with Gasteiger partial charge in [0.05, 0.1) is 6.61 Å². The molecular weight excluding hydrogens is 252 g/mol. The fraction of sp³-hybridized carbons (Fsp3) is 0.733. The Morgan fingerprint density at radius 3 is 3.00 bits per heavy atom. The molecule has 1 fully saturated rings. The Kier molecular flexibility index (Phi) is 6.05. The minimum Gasteiger partial charge on any atom is -0.478 e. The van der Waals surface area contributed by atoms with Crippen LogP contribution in [0.15, 0.2) is 12.3 Å². The number of aromatic nitrogens is 2. The summed E-state index contributed by atoms with van der Waals surface area (Å²) in [7, 11) is 0. The van der Waals surface area contributed by atoms with Crippen molar-refractivity contribution in [1.82, 2.24) is 15.3 Å². The molecule has 112 valence electrons. The van der Waals surface area contributed by atoms with Gasteiger partial charge in [0.1, 0.15) is 0 Å². The molecule has 0 amide bonds. The van der Waals surface area contributed by atoms with Crippen molar-refractivity contribution in [2.75, 3.05) is 31.1 Å². The first-order chi connectivity index (χ1) is 9.85. The average molecular weight is 278 g/mol. The van der Waals surface area contributed by atoms with Gasteiger partial charge in [0.2, 0.25) is 11.8 Å². The molecule has 0 radical (unpaired) electrons. The lowest BCUT2D eigenvalue weighted by Gasteiger charge is -2.34. The summed E-state index contributed by atoms with van der Waals surface area (Å²) in [5, 5.41) is 3.46. The smallest absolute Gasteiger partial charge is 0.228 e. The molecule has 1 aromatic heterocycles. The van der Waals surface area contributed by atoms with Gasteiger partial charge in [-0.1, -0.05) is 13.8 Å². The van der Waals surface area contributed by atoms with Crippen LogP contribution in [0.25, 0.3) is 0 Å². The molecule has 2 heterocycles. The molecular formula is C15H26N4O. The van der Waals surface area contributed by atoms with Crippen molar-refractivity contribution in [3.05, 3.63) is 12.3 Å². The number of hydrogen-bond acceptors (Lipinski definition) is 5. The van der Waals surface area contributed by atoms with E-state index < -0.39 is 0 Å². The molecule has 1 N–H and O–H groups in total. The third-order valence-corrected chi connectivity index (χ3v) is 3.50. The standard InChI is InChI=1S/C15H26N4O/c1-3-10-19(13-6-5-8-16-12-13)15-17-9-7-14(18-15)20-11-4-2/h7,9,13,16H,3-6,8,10-12H2,1-2H3. The zero-order valence-corrected chi connectivity index (χ0v) is 12.6. The summed E-state index contributed by atoms with van der Waals surface area (Å²) in [5.74, 6) is 1.48. The van der Waals surface area contributed by atoms with Crippen LogP contribution >= 0.6 is 0 Å². The zero-order valence-electron chi connectivity index (χ0n) is 12.6. The van der Waals surface area contributed by atoms with E-state index in [2.05, 4.69) is 34.0 Å². The van der Waals surface area contributed by atoms with E-state index in [1.54, 1.807) is 6.20 Å². The minimum atomic E-state index is 0.491. The van der Waals surface area contributed by atoms with Crippen molar-refractivity contribution in [3.8, 4) is 5.88 Å². The summed E-state index contributed by atoms with van der Waals surface area (Å²) in [6.07, 6.45) is 6.31. The predicted molar refractivity (Wildman–Crippen MR) is 81.3 cm³/mol. The van der Waals surface area contributed by atoms with Crippen LogP contribution in [0.1, 0.15) is 39.5 Å². The Hall–Kier alpha value is -1.36. The van der Waals surface area contributed by atoms with E-state index in [-0.39, 0.29) is 0 Å². The van der Waals surface area contributed by atoms with Gasteiger partial charge in [-0.3, -0.25) is 0 Å². The summed E-state index contributed by atoms with van der Waals surface area (Å²) in [6, 6.07) is 2.33. The van der Waals surface area contributed by atoms with Gasteiger partial charge >= 0.3 is 0 Å². The van der Waals surface area contributed by atoms with Crippen LogP contribution in [-0.4, -0.2) is 42.3 Å². The van der Waals surface area contributed by atoms with E-state index >= 15 is 0 Å². The summed E-state index contributed by atoms with van der Waals surface area (Å²) < 4.78 is 5.62. The molecule has 2 rings (SSSR count). The van der Waals surface area contributed by atoms with Crippen LogP contribution in [-0.2, 0) is 0 Å². The van der Waals surface area contributed by atoms with Gasteiger partial charge in [-0.25, -0.2) is 4.98 Å². The van der Waals surface area contributed by atoms with Gasteiger partial charge in [-0.2, -0.15) is 4.98 Å². The van der Waals surface area contributed by atoms with Gasteiger partial charge in [0.15, 0.2) is 0 Å². The van der Waals surface area contributed by atoms with Crippen molar-refractivity contribution >= 4 is 5.95 Å². The highest BCUT2D eigenvalue weighted by Crippen LogP contribution is 2.19. The molecule has 1 atom stereocenters. The normalized spacial score (nSPS) is 18.8. The van der Waals surface area contributed by atoms with Crippen molar-refractivity contribution < 1.29 is 4.74 Å². The molecule has 5 heteroatoms. The fourth-order valence-electron chi connectivity index (χ4n) is 2.54. The maximum atomic E-state index is 5.62. The van der Waals surface area contributed by atoms with E-state index in [1.807, 2.05) is 6.07 Å². The van der Waals surface area contributed by atoms with Crippen LogP contribution in [0, 0.1) is 0 Å². The largest absolute Gasteiger partial charge is 0.478 e. The van der Waals surface area contributed by atoms with Crippen LogP contribution in [0.4, 0.5) is 5.95 Å². The van der Waals surface area contributed by atoms with Crippen LogP contribution in [0.2, 0.25) is 0 Å². The lowest BCUT2D eigenvalue weighted by molar-refractivity contribution is 0.304. The van der Waals surface area contributed by atoms with Crippen molar-refractivity contribution in [3.63, 3.8) is 0 Å². The number of anilines is 1. The number of hydrogen-bond donors (Lipinski definition) is 1. The first kappa shape index (κ1) is 15.0. The Labute approximate surface area is 121 Å². The quantitative estimate of drug-likeness (QED) is 0.829. The topological polar surface area (TPSA) is 50.3 Å². The molecule has 1 aliphatic rings. The van der Waals surface area contributed by atoms with Crippen LogP contribution in [0.3, 0.4) is 0 Å². The molecule has 1 aromatic rings. The highest BCUT2D eigenvalue weighted by atomic mass is 16.5. The molecule has 0 aromatic carbocycles. The summed E-state index contributed by atoms with van der Waals surface area (Å²) in [4.78, 5) is 11.3. The lowest BCUT2D eigenvalue weighted by atomic mass is 10.1.